The van der Waals surface area contributed by atoms with Gasteiger partial charge in [0.2, 0.25) is 0 Å². The molecule has 10 rings (SSSR count). The fourth-order valence-electron chi connectivity index (χ4n) is 7.91. The first-order valence-electron chi connectivity index (χ1n) is 15.6. The third kappa shape index (κ3) is 3.43. The lowest BCUT2D eigenvalue weighted by atomic mass is 9.82. The van der Waals surface area contributed by atoms with Crippen LogP contribution in [0.1, 0.15) is 42.3 Å². The zero-order chi connectivity index (χ0) is 29.9. The molecule has 45 heavy (non-hydrogen) atoms. The maximum absolute atomic E-state index is 5.35. The Morgan fingerprint density at radius 1 is 0.644 bits per heavy atom. The van der Waals surface area contributed by atoms with Gasteiger partial charge in [0.15, 0.2) is 0 Å². The van der Waals surface area contributed by atoms with Gasteiger partial charge in [-0.2, -0.15) is 0 Å². The van der Waals surface area contributed by atoms with Gasteiger partial charge in [0.25, 0.3) is 0 Å². The lowest BCUT2D eigenvalue weighted by Crippen LogP contribution is -2.36. The van der Waals surface area contributed by atoms with Gasteiger partial charge >= 0.3 is 0 Å². The molecule has 4 heteroatoms. The lowest BCUT2D eigenvalue weighted by Gasteiger charge is -2.29. The monoisotopic (exact) mass is 595 g/mol. The molecule has 3 nitrogen and oxygen atoms in total. The van der Waals surface area contributed by atoms with Crippen molar-refractivity contribution in [3.05, 3.63) is 150 Å². The van der Waals surface area contributed by atoms with Crippen molar-refractivity contribution in [2.75, 3.05) is 0 Å². The van der Waals surface area contributed by atoms with E-state index >= 15 is 0 Å². The highest BCUT2D eigenvalue weighted by Gasteiger charge is 2.36. The summed E-state index contributed by atoms with van der Waals surface area (Å²) in [4.78, 5) is 5.35. The Bertz CT molecular complexity index is 2560. The van der Waals surface area contributed by atoms with Crippen LogP contribution in [0.3, 0.4) is 0 Å². The summed E-state index contributed by atoms with van der Waals surface area (Å²) in [6.45, 7) is 4.67. The highest BCUT2D eigenvalue weighted by molar-refractivity contribution is 7.22. The summed E-state index contributed by atoms with van der Waals surface area (Å²) in [6, 6.07) is 46.7. The molecule has 1 aliphatic carbocycles. The lowest BCUT2D eigenvalue weighted by molar-refractivity contribution is 0.584. The molecule has 0 saturated heterocycles. The molecule has 0 radical (unpaired) electrons. The molecule has 8 aromatic rings. The van der Waals surface area contributed by atoms with E-state index in [4.69, 9.17) is 4.99 Å². The fraction of sp³-hybridized carbons (Fsp3) is 0.0976. The van der Waals surface area contributed by atoms with E-state index < -0.39 is 0 Å². The average molecular weight is 596 g/mol. The summed E-state index contributed by atoms with van der Waals surface area (Å²) in [7, 11) is 0. The second-order valence-corrected chi connectivity index (χ2v) is 13.9. The minimum absolute atomic E-state index is 0.0286. The Labute approximate surface area is 265 Å². The smallest absolute Gasteiger partial charge is 0.136 e. The van der Waals surface area contributed by atoms with E-state index in [0.717, 1.165) is 16.4 Å². The highest BCUT2D eigenvalue weighted by atomic mass is 32.1. The number of amidine groups is 1. The maximum Gasteiger partial charge on any atom is 0.136 e. The van der Waals surface area contributed by atoms with E-state index in [1.165, 1.54) is 70.5 Å². The van der Waals surface area contributed by atoms with Crippen LogP contribution in [0.15, 0.2) is 132 Å². The molecule has 214 valence electrons. The first-order chi connectivity index (χ1) is 22.1. The van der Waals surface area contributed by atoms with Crippen molar-refractivity contribution < 1.29 is 0 Å². The van der Waals surface area contributed by atoms with Crippen LogP contribution in [0.5, 0.6) is 0 Å². The molecule has 0 bridgehead atoms. The molecule has 1 unspecified atom stereocenters. The van der Waals surface area contributed by atoms with E-state index in [2.05, 4.69) is 151 Å². The van der Waals surface area contributed by atoms with Crippen LogP contribution in [-0.2, 0) is 5.41 Å². The number of aromatic nitrogens is 1. The number of hydrogen-bond acceptors (Lipinski definition) is 3. The third-order valence-corrected chi connectivity index (χ3v) is 11.1. The van der Waals surface area contributed by atoms with Gasteiger partial charge in [0.1, 0.15) is 17.0 Å². The van der Waals surface area contributed by atoms with Crippen molar-refractivity contribution in [3.63, 3.8) is 0 Å². The summed E-state index contributed by atoms with van der Waals surface area (Å²) >= 11 is 1.79. The molecule has 1 N–H and O–H groups in total. The Morgan fingerprint density at radius 3 is 2.24 bits per heavy atom. The van der Waals surface area contributed by atoms with Crippen LogP contribution in [0.25, 0.3) is 53.8 Å². The quantitative estimate of drug-likeness (QED) is 0.212. The first kappa shape index (κ1) is 25.2. The van der Waals surface area contributed by atoms with Gasteiger partial charge in [0, 0.05) is 37.4 Å². The SMILES string of the molecule is CC1(C)c2ccccc2-c2cc(C3=Nc4sc5ccccc5c4C(n4c5ccccc5c5cc6ccccc6cc54)N3)ccc21. The van der Waals surface area contributed by atoms with Gasteiger partial charge in [0.05, 0.1) is 11.0 Å². The Morgan fingerprint density at radius 2 is 1.36 bits per heavy atom. The Hall–Kier alpha value is -5.19. The second kappa shape index (κ2) is 8.93. The summed E-state index contributed by atoms with van der Waals surface area (Å²) in [5.74, 6) is 0.913. The Kier molecular flexibility index (Phi) is 5.00. The third-order valence-electron chi connectivity index (χ3n) is 10.1. The number of rotatable bonds is 2. The number of thiophene rings is 1. The first-order valence-corrected chi connectivity index (χ1v) is 16.4. The molecular weight excluding hydrogens is 567 g/mol. The zero-order valence-corrected chi connectivity index (χ0v) is 25.8. The molecular formula is C41H29N3S. The molecule has 0 spiro atoms. The van der Waals surface area contributed by atoms with Crippen molar-refractivity contribution in [1.82, 2.24) is 9.88 Å². The highest BCUT2D eigenvalue weighted by Crippen LogP contribution is 2.50. The summed E-state index contributed by atoms with van der Waals surface area (Å²) in [5, 5.41) is 11.4. The Balaban J connectivity index is 1.23. The van der Waals surface area contributed by atoms with Gasteiger partial charge in [-0.05, 0) is 63.4 Å². The fourth-order valence-corrected chi connectivity index (χ4v) is 9.02. The van der Waals surface area contributed by atoms with E-state index in [0.29, 0.717) is 0 Å². The molecule has 0 fully saturated rings. The van der Waals surface area contributed by atoms with E-state index in [1.807, 2.05) is 0 Å². The number of para-hydroxylation sites is 1. The van der Waals surface area contributed by atoms with E-state index in [9.17, 15) is 0 Å². The number of benzene rings is 6. The van der Waals surface area contributed by atoms with Gasteiger partial charge in [-0.15, -0.1) is 11.3 Å². The number of fused-ring (bicyclic) bond motifs is 10. The molecule has 0 saturated carbocycles. The van der Waals surface area contributed by atoms with E-state index in [1.54, 1.807) is 11.3 Å². The minimum Gasteiger partial charge on any atom is -0.345 e. The number of nitrogens with one attached hydrogen (secondary N) is 1. The number of hydrogen-bond donors (Lipinski definition) is 1. The molecule has 2 aliphatic rings. The predicted molar refractivity (Wildman–Crippen MR) is 190 cm³/mol. The standard InChI is InChI=1S/C41H29N3S/c1-41(2)32-16-8-5-13-27(32)30-22-26(19-20-33(30)41)38-42-39(37-29-15-7-10-18-36(29)45-40(37)43-38)44-34-17-9-6-14-28(34)31-21-24-11-3-4-12-25(24)23-35(31)44/h3-23,39H,1-2H3,(H,42,43). The second-order valence-electron chi connectivity index (χ2n) is 12.9. The van der Waals surface area contributed by atoms with Gasteiger partial charge in [-0.25, -0.2) is 4.99 Å². The molecule has 3 heterocycles. The summed E-state index contributed by atoms with van der Waals surface area (Å²) in [6.07, 6.45) is -0.135. The van der Waals surface area contributed by atoms with Crippen LogP contribution in [-0.4, -0.2) is 10.4 Å². The van der Waals surface area contributed by atoms with Crippen molar-refractivity contribution in [2.24, 2.45) is 4.99 Å². The summed E-state index contributed by atoms with van der Waals surface area (Å²) < 4.78 is 3.77. The molecule has 0 amide bonds. The van der Waals surface area contributed by atoms with Crippen LogP contribution in [0.2, 0.25) is 0 Å². The maximum atomic E-state index is 5.35. The van der Waals surface area contributed by atoms with Crippen molar-refractivity contribution in [1.29, 1.82) is 0 Å². The van der Waals surface area contributed by atoms with Gasteiger partial charge < -0.3 is 9.88 Å². The molecule has 1 aliphatic heterocycles. The van der Waals surface area contributed by atoms with Crippen LogP contribution in [0, 0.1) is 0 Å². The van der Waals surface area contributed by atoms with Gasteiger partial charge in [-0.1, -0.05) is 111 Å². The van der Waals surface area contributed by atoms with Crippen LogP contribution < -0.4 is 5.32 Å². The largest absolute Gasteiger partial charge is 0.345 e. The normalized spacial score (nSPS) is 16.5. The predicted octanol–water partition coefficient (Wildman–Crippen LogP) is 10.7. The van der Waals surface area contributed by atoms with Crippen molar-refractivity contribution in [2.45, 2.75) is 25.4 Å². The van der Waals surface area contributed by atoms with Gasteiger partial charge in [-0.3, -0.25) is 0 Å². The van der Waals surface area contributed by atoms with Crippen LogP contribution >= 0.6 is 11.3 Å². The zero-order valence-electron chi connectivity index (χ0n) is 25.0. The average Bonchev–Trinajstić information content (AvgIpc) is 3.69. The topological polar surface area (TPSA) is 29.3 Å². The number of aliphatic imine (C=N–C) groups is 1. The molecule has 2 aromatic heterocycles. The molecule has 1 atom stereocenters. The molecule has 6 aromatic carbocycles. The number of nitrogens with zero attached hydrogens (tertiary/aromatic N) is 2. The van der Waals surface area contributed by atoms with Crippen molar-refractivity contribution in [3.8, 4) is 11.1 Å². The van der Waals surface area contributed by atoms with Crippen molar-refractivity contribution >= 4 is 64.8 Å². The summed E-state index contributed by atoms with van der Waals surface area (Å²) in [5.41, 5.74) is 10.1. The minimum atomic E-state index is -0.135. The van der Waals surface area contributed by atoms with Crippen LogP contribution in [0.4, 0.5) is 5.00 Å². The van der Waals surface area contributed by atoms with E-state index in [-0.39, 0.29) is 11.6 Å².